The van der Waals surface area contributed by atoms with E-state index in [1.54, 1.807) is 6.92 Å². The fourth-order valence-corrected chi connectivity index (χ4v) is 1.24. The second kappa shape index (κ2) is 11.7. The summed E-state index contributed by atoms with van der Waals surface area (Å²) in [4.78, 5) is 19.6. The molecule has 0 fully saturated rings. The highest BCUT2D eigenvalue weighted by Gasteiger charge is 2.15. The van der Waals surface area contributed by atoms with Crippen molar-refractivity contribution in [3.63, 3.8) is 0 Å². The Balaban J connectivity index is 3.75. The van der Waals surface area contributed by atoms with Crippen LogP contribution in [0.25, 0.3) is 0 Å². The average Bonchev–Trinajstić information content (AvgIpc) is 2.34. The van der Waals surface area contributed by atoms with Gasteiger partial charge in [0.05, 0.1) is 24.0 Å². The molecule has 0 unspecified atom stereocenters. The van der Waals surface area contributed by atoms with Crippen molar-refractivity contribution in [2.24, 2.45) is 0 Å². The summed E-state index contributed by atoms with van der Waals surface area (Å²) in [6, 6.07) is 0. The molecule has 20 heavy (non-hydrogen) atoms. The normalized spacial score (nSPS) is 12.8. The molecular weight excluding hydrogens is 280 g/mol. The molecule has 11 heteroatoms. The van der Waals surface area contributed by atoms with Gasteiger partial charge in [-0.05, 0) is 26.2 Å². The average molecular weight is 300 g/mol. The molecular formula is C9H20N2O9. The van der Waals surface area contributed by atoms with Gasteiger partial charge >= 0.3 is 6.16 Å². The molecule has 0 spiro atoms. The Labute approximate surface area is 115 Å². The van der Waals surface area contributed by atoms with Crippen molar-refractivity contribution < 1.29 is 44.8 Å². The number of nitrogens with zero attached hydrogens (tertiary/aromatic N) is 2. The maximum absolute atomic E-state index is 10.8. The van der Waals surface area contributed by atoms with Crippen molar-refractivity contribution in [1.82, 2.24) is 10.8 Å². The first-order chi connectivity index (χ1) is 9.45. The fraction of sp³-hybridized carbons (Fsp3) is 0.889. The number of ether oxygens (including phenoxy) is 2. The predicted octanol–water partition coefficient (Wildman–Crippen LogP) is 0.722. The molecule has 0 bridgehead atoms. The number of hydrogen-bond donors (Lipinski definition) is 4. The molecule has 0 aromatic carbocycles. The number of carbonyl (C=O) groups excluding carboxylic acids is 1. The molecule has 0 aliphatic carbocycles. The summed E-state index contributed by atoms with van der Waals surface area (Å²) in [6.45, 7) is 1.70. The molecule has 0 aromatic rings. The topological polar surface area (TPSA) is 141 Å². The lowest BCUT2D eigenvalue weighted by Crippen LogP contribution is -2.31. The lowest BCUT2D eigenvalue weighted by atomic mass is 10.2. The van der Waals surface area contributed by atoms with Crippen molar-refractivity contribution >= 4 is 6.16 Å². The molecule has 0 heterocycles. The SMILES string of the molecule is CCOC(=O)OCCCC[C@@H](CON(O)O)ON(O)O. The molecule has 4 N–H and O–H groups in total. The highest BCUT2D eigenvalue weighted by molar-refractivity contribution is 5.59. The third-order valence-corrected chi connectivity index (χ3v) is 2.02. The summed E-state index contributed by atoms with van der Waals surface area (Å²) in [6.07, 6.45) is -0.320. The summed E-state index contributed by atoms with van der Waals surface area (Å²) >= 11 is 0. The van der Waals surface area contributed by atoms with Crippen LogP contribution >= 0.6 is 0 Å². The van der Waals surface area contributed by atoms with Gasteiger partial charge in [-0.1, -0.05) is 0 Å². The van der Waals surface area contributed by atoms with Crippen LogP contribution in [0.2, 0.25) is 0 Å². The van der Waals surface area contributed by atoms with Crippen LogP contribution in [0.15, 0.2) is 0 Å². The molecule has 0 amide bonds. The quantitative estimate of drug-likeness (QED) is 0.243. The zero-order valence-electron chi connectivity index (χ0n) is 11.0. The minimum atomic E-state index is -0.839. The van der Waals surface area contributed by atoms with E-state index in [-0.39, 0.29) is 26.2 Å². The minimum Gasteiger partial charge on any atom is -0.435 e. The van der Waals surface area contributed by atoms with E-state index in [4.69, 9.17) is 25.6 Å². The second-order valence-electron chi connectivity index (χ2n) is 3.56. The van der Waals surface area contributed by atoms with E-state index in [0.717, 1.165) is 0 Å². The van der Waals surface area contributed by atoms with E-state index in [1.165, 1.54) is 0 Å². The first kappa shape index (κ1) is 18.9. The van der Waals surface area contributed by atoms with Gasteiger partial charge in [0.25, 0.3) is 0 Å². The van der Waals surface area contributed by atoms with E-state index in [1.807, 2.05) is 0 Å². The first-order valence-electron chi connectivity index (χ1n) is 5.90. The Hall–Kier alpha value is -1.05. The monoisotopic (exact) mass is 300 g/mol. The molecule has 0 rings (SSSR count). The largest absolute Gasteiger partial charge is 0.508 e. The lowest BCUT2D eigenvalue weighted by molar-refractivity contribution is -0.527. The molecule has 0 saturated carbocycles. The highest BCUT2D eigenvalue weighted by atomic mass is 17.1. The Morgan fingerprint density at radius 3 is 2.35 bits per heavy atom. The molecule has 0 aromatic heterocycles. The van der Waals surface area contributed by atoms with E-state index < -0.39 is 23.0 Å². The number of unbranched alkanes of at least 4 members (excludes halogenated alkanes) is 1. The van der Waals surface area contributed by atoms with Crippen LogP contribution in [-0.4, -0.2) is 63.7 Å². The summed E-state index contributed by atoms with van der Waals surface area (Å²) in [5, 5.41) is 32.7. The number of hydrogen-bond acceptors (Lipinski definition) is 11. The van der Waals surface area contributed by atoms with Gasteiger partial charge in [0.15, 0.2) is 0 Å². The Kier molecular flexibility index (Phi) is 11.1. The van der Waals surface area contributed by atoms with Crippen LogP contribution in [0.5, 0.6) is 0 Å². The van der Waals surface area contributed by atoms with Crippen molar-refractivity contribution in [3.8, 4) is 0 Å². The van der Waals surface area contributed by atoms with Crippen molar-refractivity contribution in [2.75, 3.05) is 19.8 Å². The third kappa shape index (κ3) is 12.0. The van der Waals surface area contributed by atoms with Crippen LogP contribution in [0.1, 0.15) is 26.2 Å². The summed E-state index contributed by atoms with van der Waals surface area (Å²) in [5.41, 5.74) is 0. The summed E-state index contributed by atoms with van der Waals surface area (Å²) in [7, 11) is 0. The molecule has 1 atom stereocenters. The molecule has 0 radical (unpaired) electrons. The number of carbonyl (C=O) groups is 1. The van der Waals surface area contributed by atoms with Gasteiger partial charge in [0, 0.05) is 0 Å². The Bertz CT molecular complexity index is 252. The molecule has 120 valence electrons. The van der Waals surface area contributed by atoms with Crippen molar-refractivity contribution in [1.29, 1.82) is 0 Å². The van der Waals surface area contributed by atoms with Gasteiger partial charge in [-0.25, -0.2) is 14.5 Å². The van der Waals surface area contributed by atoms with Gasteiger partial charge in [-0.15, -0.1) is 0 Å². The summed E-state index contributed by atoms with van der Waals surface area (Å²) < 4.78 is 9.26. The minimum absolute atomic E-state index is 0.139. The van der Waals surface area contributed by atoms with E-state index in [0.29, 0.717) is 12.8 Å². The van der Waals surface area contributed by atoms with E-state index in [9.17, 15) is 4.79 Å². The zero-order valence-corrected chi connectivity index (χ0v) is 11.0. The molecule has 11 nitrogen and oxygen atoms in total. The maximum atomic E-state index is 10.8. The van der Waals surface area contributed by atoms with Crippen LogP contribution in [0.4, 0.5) is 4.79 Å². The van der Waals surface area contributed by atoms with E-state index >= 15 is 0 Å². The number of rotatable bonds is 11. The fourth-order valence-electron chi connectivity index (χ4n) is 1.24. The van der Waals surface area contributed by atoms with Gasteiger partial charge in [0.2, 0.25) is 0 Å². The van der Waals surface area contributed by atoms with Crippen LogP contribution < -0.4 is 0 Å². The lowest BCUT2D eigenvalue weighted by Gasteiger charge is -2.18. The van der Waals surface area contributed by atoms with E-state index in [2.05, 4.69) is 14.4 Å². The molecule has 0 aliphatic rings. The standard InChI is InChI=1S/C9H20N2O9/c1-2-17-9(12)18-6-4-3-5-8(20-11(15)16)7-19-10(13)14/h8,13-16H,2-7H2,1H3/t8-/m0/s1. The van der Waals surface area contributed by atoms with Crippen molar-refractivity contribution in [2.45, 2.75) is 32.3 Å². The van der Waals surface area contributed by atoms with Gasteiger partial charge in [0.1, 0.15) is 12.7 Å². The smallest absolute Gasteiger partial charge is 0.435 e. The van der Waals surface area contributed by atoms with Crippen LogP contribution in [-0.2, 0) is 19.1 Å². The van der Waals surface area contributed by atoms with Gasteiger partial charge in [-0.2, -0.15) is 0 Å². The van der Waals surface area contributed by atoms with Gasteiger partial charge in [-0.3, -0.25) is 20.8 Å². The van der Waals surface area contributed by atoms with Crippen LogP contribution in [0, 0.1) is 0 Å². The summed E-state index contributed by atoms with van der Waals surface area (Å²) in [5.74, 6) is 0. The molecule has 0 saturated heterocycles. The highest BCUT2D eigenvalue weighted by Crippen LogP contribution is 2.07. The second-order valence-corrected chi connectivity index (χ2v) is 3.56. The van der Waals surface area contributed by atoms with Gasteiger partial charge < -0.3 is 9.47 Å². The zero-order chi connectivity index (χ0) is 15.4. The van der Waals surface area contributed by atoms with Crippen LogP contribution in [0.3, 0.4) is 0 Å². The third-order valence-electron chi connectivity index (χ3n) is 2.02. The first-order valence-corrected chi connectivity index (χ1v) is 5.90. The maximum Gasteiger partial charge on any atom is 0.508 e. The Morgan fingerprint density at radius 1 is 1.10 bits per heavy atom. The molecule has 0 aliphatic heterocycles. The predicted molar refractivity (Wildman–Crippen MR) is 58.5 cm³/mol. The van der Waals surface area contributed by atoms with Crippen molar-refractivity contribution in [3.05, 3.63) is 0 Å². The Morgan fingerprint density at radius 2 is 1.80 bits per heavy atom.